The van der Waals surface area contributed by atoms with Crippen molar-refractivity contribution in [1.82, 2.24) is 0 Å². The second-order valence-corrected chi connectivity index (χ2v) is 8.66. The van der Waals surface area contributed by atoms with Gasteiger partial charge in [0.1, 0.15) is 0 Å². The zero-order chi connectivity index (χ0) is 24.0. The molecule has 0 N–H and O–H groups in total. The minimum absolute atomic E-state index is 0.257. The summed E-state index contributed by atoms with van der Waals surface area (Å²) in [6, 6.07) is 7.10. The van der Waals surface area contributed by atoms with E-state index in [1.54, 1.807) is 12.1 Å². The monoisotopic (exact) mass is 464 g/mol. The number of benzene rings is 1. The SMILES string of the molecule is CCCCCCCCCCCCCCOC(=O)OOOC(=O)c1ccc(CCCCC)cc1. The van der Waals surface area contributed by atoms with Crippen LogP contribution in [0.4, 0.5) is 4.79 Å². The summed E-state index contributed by atoms with van der Waals surface area (Å²) >= 11 is 0. The molecule has 0 aliphatic carbocycles. The summed E-state index contributed by atoms with van der Waals surface area (Å²) in [6.07, 6.45) is 18.3. The standard InChI is InChI=1S/C27H44O6/c1-3-5-7-8-9-10-11-12-13-14-15-17-23-30-27(29)32-33-31-26(28)25-21-19-24(20-22-25)18-16-6-4-2/h19-22H,3-18,23H2,1-2H3. The Kier molecular flexibility index (Phi) is 18.0. The Morgan fingerprint density at radius 3 is 1.73 bits per heavy atom. The molecule has 0 aromatic heterocycles. The zero-order valence-electron chi connectivity index (χ0n) is 20.8. The molecule has 1 aromatic rings. The first-order valence-corrected chi connectivity index (χ1v) is 13.0. The molecule has 0 amide bonds. The highest BCUT2D eigenvalue weighted by molar-refractivity contribution is 5.88. The van der Waals surface area contributed by atoms with Crippen LogP contribution >= 0.6 is 0 Å². The highest BCUT2D eigenvalue weighted by Gasteiger charge is 2.12. The number of rotatable bonds is 20. The summed E-state index contributed by atoms with van der Waals surface area (Å²) < 4.78 is 4.91. The van der Waals surface area contributed by atoms with E-state index >= 15 is 0 Å². The molecule has 0 bridgehead atoms. The van der Waals surface area contributed by atoms with Crippen LogP contribution in [0.1, 0.15) is 126 Å². The van der Waals surface area contributed by atoms with E-state index in [0.29, 0.717) is 5.56 Å². The largest absolute Gasteiger partial charge is 0.543 e. The second-order valence-electron chi connectivity index (χ2n) is 8.66. The maximum absolute atomic E-state index is 11.9. The van der Waals surface area contributed by atoms with E-state index < -0.39 is 12.1 Å². The van der Waals surface area contributed by atoms with Gasteiger partial charge in [0.2, 0.25) is 0 Å². The van der Waals surface area contributed by atoms with Gasteiger partial charge in [-0.1, -0.05) is 109 Å². The molecule has 0 aliphatic rings. The smallest absolute Gasteiger partial charge is 0.432 e. The minimum Gasteiger partial charge on any atom is -0.432 e. The van der Waals surface area contributed by atoms with Crippen molar-refractivity contribution in [3.05, 3.63) is 35.4 Å². The maximum atomic E-state index is 11.9. The van der Waals surface area contributed by atoms with E-state index in [0.717, 1.165) is 32.1 Å². The van der Waals surface area contributed by atoms with Crippen molar-refractivity contribution < 1.29 is 29.1 Å². The van der Waals surface area contributed by atoms with Crippen LogP contribution in [0.5, 0.6) is 0 Å². The molecule has 0 unspecified atom stereocenters. The van der Waals surface area contributed by atoms with Crippen molar-refractivity contribution in [1.29, 1.82) is 0 Å². The first kappa shape index (κ1) is 29.0. The predicted molar refractivity (Wildman–Crippen MR) is 130 cm³/mol. The quantitative estimate of drug-likeness (QED) is 0.0836. The molecule has 0 spiro atoms. The van der Waals surface area contributed by atoms with Crippen molar-refractivity contribution in [2.45, 2.75) is 117 Å². The van der Waals surface area contributed by atoms with Crippen molar-refractivity contribution in [3.8, 4) is 0 Å². The third-order valence-electron chi connectivity index (χ3n) is 5.69. The summed E-state index contributed by atoms with van der Waals surface area (Å²) in [7, 11) is 0. The van der Waals surface area contributed by atoms with Gasteiger partial charge in [-0.25, -0.2) is 14.5 Å². The number of unbranched alkanes of at least 4 members (excludes halogenated alkanes) is 13. The highest BCUT2D eigenvalue weighted by Crippen LogP contribution is 2.12. The number of hydrogen-bond donors (Lipinski definition) is 0. The summed E-state index contributed by atoms with van der Waals surface area (Å²) in [4.78, 5) is 32.2. The van der Waals surface area contributed by atoms with Crippen LogP contribution in [0, 0.1) is 0 Å². The van der Waals surface area contributed by atoms with E-state index in [1.807, 2.05) is 12.1 Å². The number of carbonyl (C=O) groups is 2. The summed E-state index contributed by atoms with van der Waals surface area (Å²) in [5, 5.41) is 4.26. The Bertz CT molecular complexity index is 614. The van der Waals surface area contributed by atoms with Crippen molar-refractivity contribution in [2.24, 2.45) is 0 Å². The lowest BCUT2D eigenvalue weighted by Crippen LogP contribution is -2.12. The molecule has 0 aliphatic heterocycles. The Hall–Kier alpha value is -2.08. The van der Waals surface area contributed by atoms with Crippen LogP contribution in [-0.4, -0.2) is 18.7 Å². The molecule has 33 heavy (non-hydrogen) atoms. The second kappa shape index (κ2) is 20.5. The molecule has 0 saturated heterocycles. The number of carbonyl (C=O) groups excluding carboxylic acids is 2. The molecule has 6 nitrogen and oxygen atoms in total. The van der Waals surface area contributed by atoms with Crippen molar-refractivity contribution in [3.63, 3.8) is 0 Å². The minimum atomic E-state index is -1.02. The van der Waals surface area contributed by atoms with E-state index in [9.17, 15) is 9.59 Å². The summed E-state index contributed by atoms with van der Waals surface area (Å²) in [5.41, 5.74) is 1.49. The van der Waals surface area contributed by atoms with Gasteiger partial charge in [-0.05, 0) is 37.0 Å². The lowest BCUT2D eigenvalue weighted by atomic mass is 10.1. The molecule has 1 aromatic carbocycles. The lowest BCUT2D eigenvalue weighted by Gasteiger charge is -2.05. The predicted octanol–water partition coefficient (Wildman–Crippen LogP) is 8.28. The van der Waals surface area contributed by atoms with Gasteiger partial charge in [0.15, 0.2) is 0 Å². The van der Waals surface area contributed by atoms with E-state index in [4.69, 9.17) is 4.74 Å². The van der Waals surface area contributed by atoms with Crippen LogP contribution in [-0.2, 0) is 26.0 Å². The van der Waals surface area contributed by atoms with Gasteiger partial charge < -0.3 is 4.74 Å². The number of hydrogen-bond acceptors (Lipinski definition) is 6. The molecular weight excluding hydrogens is 420 g/mol. The average Bonchev–Trinajstić information content (AvgIpc) is 2.82. The van der Waals surface area contributed by atoms with Gasteiger partial charge in [-0.15, -0.1) is 0 Å². The van der Waals surface area contributed by atoms with Crippen molar-refractivity contribution in [2.75, 3.05) is 6.61 Å². The normalized spacial score (nSPS) is 10.7. The van der Waals surface area contributed by atoms with Crippen LogP contribution in [0.3, 0.4) is 0 Å². The molecule has 6 heteroatoms. The molecule has 188 valence electrons. The Labute approximate surface area is 200 Å². The fourth-order valence-corrected chi connectivity index (χ4v) is 3.63. The van der Waals surface area contributed by atoms with Gasteiger partial charge in [0.05, 0.1) is 17.2 Å². The van der Waals surface area contributed by atoms with Gasteiger partial charge in [-0.2, -0.15) is 0 Å². The third kappa shape index (κ3) is 16.2. The zero-order valence-corrected chi connectivity index (χ0v) is 20.8. The molecule has 0 fully saturated rings. The van der Waals surface area contributed by atoms with Crippen LogP contribution in [0.2, 0.25) is 0 Å². The molecular formula is C27H44O6. The van der Waals surface area contributed by atoms with E-state index in [2.05, 4.69) is 28.7 Å². The number of ether oxygens (including phenoxy) is 1. The molecule has 0 saturated carbocycles. The Morgan fingerprint density at radius 2 is 1.15 bits per heavy atom. The van der Waals surface area contributed by atoms with Crippen LogP contribution < -0.4 is 0 Å². The Morgan fingerprint density at radius 1 is 0.636 bits per heavy atom. The Balaban J connectivity index is 1.96. The summed E-state index contributed by atoms with van der Waals surface area (Å²) in [5.74, 6) is -0.733. The van der Waals surface area contributed by atoms with Crippen LogP contribution in [0.25, 0.3) is 0 Å². The molecule has 0 heterocycles. The maximum Gasteiger partial charge on any atom is 0.543 e. The fourth-order valence-electron chi connectivity index (χ4n) is 3.63. The molecule has 1 rings (SSSR count). The molecule has 0 radical (unpaired) electrons. The van der Waals surface area contributed by atoms with Gasteiger partial charge in [0, 0.05) is 0 Å². The number of aryl methyl sites for hydroxylation is 1. The highest BCUT2D eigenvalue weighted by atomic mass is 17.5. The average molecular weight is 465 g/mol. The van der Waals surface area contributed by atoms with Gasteiger partial charge in [0.25, 0.3) is 0 Å². The van der Waals surface area contributed by atoms with Crippen LogP contribution in [0.15, 0.2) is 24.3 Å². The van der Waals surface area contributed by atoms with E-state index in [1.165, 1.54) is 76.2 Å². The van der Waals surface area contributed by atoms with Gasteiger partial charge >= 0.3 is 12.1 Å². The third-order valence-corrected chi connectivity index (χ3v) is 5.69. The first-order chi connectivity index (χ1) is 16.2. The topological polar surface area (TPSA) is 71.1 Å². The first-order valence-electron chi connectivity index (χ1n) is 13.0. The lowest BCUT2D eigenvalue weighted by molar-refractivity contribution is -0.452. The van der Waals surface area contributed by atoms with Crippen molar-refractivity contribution >= 4 is 12.1 Å². The fraction of sp³-hybridized carbons (Fsp3) is 0.704. The molecule has 0 atom stereocenters. The van der Waals surface area contributed by atoms with E-state index in [-0.39, 0.29) is 6.61 Å². The summed E-state index contributed by atoms with van der Waals surface area (Å²) in [6.45, 7) is 4.67. The van der Waals surface area contributed by atoms with Gasteiger partial charge in [-0.3, -0.25) is 4.89 Å².